The SMILES string of the molecule is O=C(O)C1CC(N2Cc3ccc(-c4noc(-c5ccc(-c6ccccc6F)c(F)c5)n4)cc3C2)C1. The first-order valence-electron chi connectivity index (χ1n) is 11.4. The number of rotatable bonds is 5. The summed E-state index contributed by atoms with van der Waals surface area (Å²) in [5, 5.41) is 13.2. The minimum absolute atomic E-state index is 0.163. The molecule has 1 aliphatic heterocycles. The number of fused-ring (bicyclic) bond motifs is 1. The molecule has 0 spiro atoms. The lowest BCUT2D eigenvalue weighted by Crippen LogP contribution is -2.44. The highest BCUT2D eigenvalue weighted by molar-refractivity contribution is 5.71. The van der Waals surface area contributed by atoms with Gasteiger partial charge in [0.2, 0.25) is 5.82 Å². The first-order valence-corrected chi connectivity index (χ1v) is 11.4. The van der Waals surface area contributed by atoms with Crippen molar-refractivity contribution < 1.29 is 23.2 Å². The molecule has 0 amide bonds. The van der Waals surface area contributed by atoms with Gasteiger partial charge < -0.3 is 9.63 Å². The second kappa shape index (κ2) is 8.39. The van der Waals surface area contributed by atoms with Crippen molar-refractivity contribution in [1.82, 2.24) is 15.0 Å². The molecule has 0 unspecified atom stereocenters. The molecular formula is C27H21F2N3O3. The van der Waals surface area contributed by atoms with Gasteiger partial charge in [0.05, 0.1) is 5.92 Å². The number of benzene rings is 3. The zero-order valence-corrected chi connectivity index (χ0v) is 18.6. The molecule has 1 saturated carbocycles. The summed E-state index contributed by atoms with van der Waals surface area (Å²) in [5.74, 6) is -1.44. The number of aliphatic carboxylic acids is 1. The minimum atomic E-state index is -0.713. The lowest BCUT2D eigenvalue weighted by atomic mass is 9.79. The van der Waals surface area contributed by atoms with E-state index in [1.165, 1.54) is 29.8 Å². The van der Waals surface area contributed by atoms with E-state index in [0.717, 1.165) is 24.2 Å². The number of halogens is 2. The molecule has 8 heteroatoms. The van der Waals surface area contributed by atoms with Crippen LogP contribution >= 0.6 is 0 Å². The zero-order chi connectivity index (χ0) is 24.1. The van der Waals surface area contributed by atoms with Crippen molar-refractivity contribution in [2.75, 3.05) is 0 Å². The van der Waals surface area contributed by atoms with E-state index in [0.29, 0.717) is 30.3 Å². The molecule has 1 fully saturated rings. The molecule has 2 heterocycles. The average molecular weight is 473 g/mol. The lowest BCUT2D eigenvalue weighted by molar-refractivity contribution is -0.147. The number of carboxylic acids is 1. The first-order chi connectivity index (χ1) is 17.0. The fourth-order valence-corrected chi connectivity index (χ4v) is 4.91. The Labute approximate surface area is 199 Å². The maximum Gasteiger partial charge on any atom is 0.306 e. The van der Waals surface area contributed by atoms with Crippen molar-refractivity contribution in [3.05, 3.63) is 83.4 Å². The maximum absolute atomic E-state index is 14.8. The summed E-state index contributed by atoms with van der Waals surface area (Å²) in [6, 6.07) is 16.7. The Hall–Kier alpha value is -3.91. The van der Waals surface area contributed by atoms with Crippen molar-refractivity contribution in [3.63, 3.8) is 0 Å². The highest BCUT2D eigenvalue weighted by Crippen LogP contribution is 2.38. The van der Waals surface area contributed by atoms with Crippen LogP contribution in [0.1, 0.15) is 24.0 Å². The van der Waals surface area contributed by atoms with Gasteiger partial charge in [0.15, 0.2) is 0 Å². The Morgan fingerprint density at radius 2 is 1.66 bits per heavy atom. The number of carboxylic acid groups (broad SMARTS) is 1. The van der Waals surface area contributed by atoms with E-state index < -0.39 is 17.6 Å². The normalized spacial score (nSPS) is 19.4. The maximum atomic E-state index is 14.8. The van der Waals surface area contributed by atoms with Crippen molar-refractivity contribution in [2.45, 2.75) is 32.0 Å². The molecule has 0 radical (unpaired) electrons. The third-order valence-electron chi connectivity index (χ3n) is 7.00. The summed E-state index contributed by atoms with van der Waals surface area (Å²) >= 11 is 0. The molecule has 6 rings (SSSR count). The van der Waals surface area contributed by atoms with Crippen LogP contribution in [0.4, 0.5) is 8.78 Å². The number of aromatic nitrogens is 2. The Kier molecular flexibility index (Phi) is 5.18. The van der Waals surface area contributed by atoms with Crippen molar-refractivity contribution >= 4 is 5.97 Å². The Balaban J connectivity index is 1.20. The van der Waals surface area contributed by atoms with Crippen molar-refractivity contribution in [3.8, 4) is 34.0 Å². The molecule has 1 aliphatic carbocycles. The molecule has 2 aliphatic rings. The van der Waals surface area contributed by atoms with Crippen molar-refractivity contribution in [2.24, 2.45) is 5.92 Å². The van der Waals surface area contributed by atoms with E-state index in [9.17, 15) is 13.6 Å². The number of nitrogens with zero attached hydrogens (tertiary/aromatic N) is 3. The summed E-state index contributed by atoms with van der Waals surface area (Å²) in [4.78, 5) is 17.9. The van der Waals surface area contributed by atoms with Gasteiger partial charge in [-0.05, 0) is 48.2 Å². The van der Waals surface area contributed by atoms with Crippen LogP contribution < -0.4 is 0 Å². The number of hydrogen-bond acceptors (Lipinski definition) is 5. The number of hydrogen-bond donors (Lipinski definition) is 1. The summed E-state index contributed by atoms with van der Waals surface area (Å²) < 4.78 is 34.3. The number of carbonyl (C=O) groups is 1. The fraction of sp³-hybridized carbons (Fsp3) is 0.222. The second-order valence-corrected chi connectivity index (χ2v) is 9.15. The quantitative estimate of drug-likeness (QED) is 0.411. The Morgan fingerprint density at radius 3 is 2.43 bits per heavy atom. The average Bonchev–Trinajstić information content (AvgIpc) is 3.45. The van der Waals surface area contributed by atoms with Crippen LogP contribution in [-0.2, 0) is 17.9 Å². The molecule has 0 atom stereocenters. The molecule has 4 aromatic rings. The minimum Gasteiger partial charge on any atom is -0.481 e. The highest BCUT2D eigenvalue weighted by atomic mass is 19.1. The summed E-state index contributed by atoms with van der Waals surface area (Å²) in [6.07, 6.45) is 1.38. The largest absolute Gasteiger partial charge is 0.481 e. The van der Waals surface area contributed by atoms with E-state index in [2.05, 4.69) is 15.0 Å². The zero-order valence-electron chi connectivity index (χ0n) is 18.6. The monoisotopic (exact) mass is 473 g/mol. The molecule has 1 N–H and O–H groups in total. The summed E-state index contributed by atoms with van der Waals surface area (Å²) in [5.41, 5.74) is 3.92. The first kappa shape index (κ1) is 21.6. The van der Waals surface area contributed by atoms with Crippen LogP contribution in [0.15, 0.2) is 65.2 Å². The summed E-state index contributed by atoms with van der Waals surface area (Å²) in [7, 11) is 0. The van der Waals surface area contributed by atoms with Gasteiger partial charge in [-0.2, -0.15) is 4.98 Å². The molecule has 1 aromatic heterocycles. The molecule has 176 valence electrons. The van der Waals surface area contributed by atoms with Gasteiger partial charge in [0, 0.05) is 41.4 Å². The van der Waals surface area contributed by atoms with Crippen LogP contribution in [0, 0.1) is 17.6 Å². The van der Waals surface area contributed by atoms with Crippen LogP contribution in [0.25, 0.3) is 34.0 Å². The van der Waals surface area contributed by atoms with Crippen molar-refractivity contribution in [1.29, 1.82) is 0 Å². The topological polar surface area (TPSA) is 79.5 Å². The third-order valence-corrected chi connectivity index (χ3v) is 7.00. The van der Waals surface area contributed by atoms with Gasteiger partial charge in [-0.3, -0.25) is 9.69 Å². The van der Waals surface area contributed by atoms with E-state index >= 15 is 0 Å². The molecule has 3 aromatic carbocycles. The smallest absolute Gasteiger partial charge is 0.306 e. The van der Waals surface area contributed by atoms with Gasteiger partial charge >= 0.3 is 5.97 Å². The van der Waals surface area contributed by atoms with Crippen LogP contribution in [0.5, 0.6) is 0 Å². The van der Waals surface area contributed by atoms with Gasteiger partial charge in [-0.1, -0.05) is 41.6 Å². The van der Waals surface area contributed by atoms with E-state index in [1.54, 1.807) is 18.2 Å². The van der Waals surface area contributed by atoms with Gasteiger partial charge in [0.1, 0.15) is 11.6 Å². The predicted octanol–water partition coefficient (Wildman–Crippen LogP) is 5.53. The van der Waals surface area contributed by atoms with Gasteiger partial charge in [0.25, 0.3) is 5.89 Å². The Bertz CT molecular complexity index is 1450. The van der Waals surface area contributed by atoms with Gasteiger partial charge in [-0.25, -0.2) is 8.78 Å². The predicted molar refractivity (Wildman–Crippen MR) is 124 cm³/mol. The van der Waals surface area contributed by atoms with E-state index in [4.69, 9.17) is 9.63 Å². The standard InChI is InChI=1S/C27H21F2N3O3/c28-23-4-2-1-3-21(23)22-8-7-16(12-24(22)29)26-30-25(31-35-26)15-5-6-17-13-32(14-19(17)9-15)20-10-18(11-20)27(33)34/h1-9,12,18,20H,10-11,13-14H2,(H,33,34). The lowest BCUT2D eigenvalue weighted by Gasteiger charge is -2.39. The molecule has 0 bridgehead atoms. The third kappa shape index (κ3) is 3.89. The van der Waals surface area contributed by atoms with E-state index in [-0.39, 0.29) is 22.9 Å². The van der Waals surface area contributed by atoms with Crippen LogP contribution in [0.3, 0.4) is 0 Å². The Morgan fingerprint density at radius 1 is 0.914 bits per heavy atom. The molecular weight excluding hydrogens is 452 g/mol. The molecule has 0 saturated heterocycles. The second-order valence-electron chi connectivity index (χ2n) is 9.15. The van der Waals surface area contributed by atoms with Gasteiger partial charge in [-0.15, -0.1) is 0 Å². The molecule has 35 heavy (non-hydrogen) atoms. The van der Waals surface area contributed by atoms with Crippen LogP contribution in [-0.4, -0.2) is 32.2 Å². The highest BCUT2D eigenvalue weighted by Gasteiger charge is 2.39. The fourth-order valence-electron chi connectivity index (χ4n) is 4.91. The van der Waals surface area contributed by atoms with Crippen LogP contribution in [0.2, 0.25) is 0 Å². The molecule has 6 nitrogen and oxygen atoms in total. The summed E-state index contributed by atoms with van der Waals surface area (Å²) in [6.45, 7) is 1.56. The van der Waals surface area contributed by atoms with E-state index in [1.807, 2.05) is 18.2 Å².